The van der Waals surface area contributed by atoms with E-state index in [0.29, 0.717) is 11.4 Å². The molecule has 0 saturated carbocycles. The second kappa shape index (κ2) is 4.24. The molecule has 0 unspecified atom stereocenters. The smallest absolute Gasteiger partial charge is 0.264 e. The van der Waals surface area contributed by atoms with Crippen LogP contribution in [0.1, 0.15) is 22.8 Å². The van der Waals surface area contributed by atoms with Crippen LogP contribution in [0.25, 0.3) is 0 Å². The first kappa shape index (κ1) is 12.1. The van der Waals surface area contributed by atoms with Crippen molar-refractivity contribution in [1.29, 1.82) is 0 Å². The summed E-state index contributed by atoms with van der Waals surface area (Å²) in [5, 5.41) is 0. The zero-order valence-corrected chi connectivity index (χ0v) is 10.1. The predicted octanol–water partition coefficient (Wildman–Crippen LogP) is 0.878. The van der Waals surface area contributed by atoms with Gasteiger partial charge in [-0.1, -0.05) is 0 Å². The summed E-state index contributed by atoms with van der Waals surface area (Å²) in [4.78, 5) is 8.46. The summed E-state index contributed by atoms with van der Waals surface area (Å²) in [5.74, 6) is 0. The van der Waals surface area contributed by atoms with Crippen LogP contribution in [0.4, 0.5) is 0 Å². The van der Waals surface area contributed by atoms with E-state index in [9.17, 15) is 8.42 Å². The van der Waals surface area contributed by atoms with Gasteiger partial charge in [0.15, 0.2) is 0 Å². The predicted molar refractivity (Wildman–Crippen MR) is 55.9 cm³/mol. The van der Waals surface area contributed by atoms with E-state index in [0.717, 1.165) is 17.6 Å². The second-order valence-corrected chi connectivity index (χ2v) is 5.04. The van der Waals surface area contributed by atoms with Crippen LogP contribution in [0.5, 0.6) is 0 Å². The Morgan fingerprint density at radius 1 is 1.07 bits per heavy atom. The molecule has 15 heavy (non-hydrogen) atoms. The Hall–Kier alpha value is -1.01. The molecule has 0 atom stereocenters. The van der Waals surface area contributed by atoms with E-state index < -0.39 is 10.1 Å². The lowest BCUT2D eigenvalue weighted by Gasteiger charge is -2.07. The third-order valence-corrected chi connectivity index (χ3v) is 2.54. The maximum atomic E-state index is 10.8. The molecule has 0 spiro atoms. The number of aryl methyl sites for hydroxylation is 3. The molecule has 0 fully saturated rings. The first-order valence-electron chi connectivity index (χ1n) is 4.44. The summed E-state index contributed by atoms with van der Waals surface area (Å²) in [6, 6.07) is 0. The Kier molecular flexibility index (Phi) is 3.41. The summed E-state index contributed by atoms with van der Waals surface area (Å²) in [6.07, 6.45) is 1.01. The monoisotopic (exact) mass is 230 g/mol. The lowest BCUT2D eigenvalue weighted by atomic mass is 10.3. The van der Waals surface area contributed by atoms with E-state index in [1.165, 1.54) is 0 Å². The van der Waals surface area contributed by atoms with Crippen molar-refractivity contribution in [2.75, 3.05) is 6.26 Å². The molecule has 0 aliphatic rings. The second-order valence-electron chi connectivity index (χ2n) is 3.39. The molecule has 1 heterocycles. The number of hydrogen-bond donors (Lipinski definition) is 0. The summed E-state index contributed by atoms with van der Waals surface area (Å²) in [7, 11) is -3.43. The molecule has 5 nitrogen and oxygen atoms in total. The van der Waals surface area contributed by atoms with Crippen molar-refractivity contribution in [3.8, 4) is 0 Å². The van der Waals surface area contributed by atoms with Crippen molar-refractivity contribution in [1.82, 2.24) is 9.97 Å². The van der Waals surface area contributed by atoms with E-state index >= 15 is 0 Å². The van der Waals surface area contributed by atoms with Gasteiger partial charge >= 0.3 is 0 Å². The number of aromatic nitrogens is 2. The van der Waals surface area contributed by atoms with Gasteiger partial charge in [0.1, 0.15) is 6.61 Å². The molecule has 0 aliphatic carbocycles. The molecular formula is C9H14N2O3S. The summed E-state index contributed by atoms with van der Waals surface area (Å²) in [5.41, 5.74) is 2.88. The quantitative estimate of drug-likeness (QED) is 0.721. The molecular weight excluding hydrogens is 216 g/mol. The molecule has 0 aromatic carbocycles. The molecule has 1 aromatic rings. The molecule has 0 bridgehead atoms. The normalized spacial score (nSPS) is 11.7. The van der Waals surface area contributed by atoms with Crippen molar-refractivity contribution in [2.45, 2.75) is 27.4 Å². The third kappa shape index (κ3) is 3.56. The molecule has 84 valence electrons. The van der Waals surface area contributed by atoms with E-state index in [4.69, 9.17) is 0 Å². The minimum Gasteiger partial charge on any atom is -0.264 e. The molecule has 0 N–H and O–H groups in total. The highest BCUT2D eigenvalue weighted by molar-refractivity contribution is 7.85. The first-order chi connectivity index (χ1) is 6.79. The van der Waals surface area contributed by atoms with Gasteiger partial charge in [-0.05, 0) is 20.8 Å². The Morgan fingerprint density at radius 3 is 2.13 bits per heavy atom. The van der Waals surface area contributed by atoms with Gasteiger partial charge in [-0.2, -0.15) is 8.42 Å². The van der Waals surface area contributed by atoms with Crippen molar-refractivity contribution in [3.63, 3.8) is 0 Å². The zero-order valence-electron chi connectivity index (χ0n) is 9.23. The minimum absolute atomic E-state index is 0.0568. The van der Waals surface area contributed by atoms with Gasteiger partial charge in [-0.25, -0.2) is 0 Å². The Labute approximate surface area is 89.6 Å². The fourth-order valence-electron chi connectivity index (χ4n) is 1.06. The van der Waals surface area contributed by atoms with Crippen molar-refractivity contribution < 1.29 is 12.6 Å². The average Bonchev–Trinajstić information content (AvgIpc) is 2.07. The lowest BCUT2D eigenvalue weighted by molar-refractivity contribution is 0.305. The van der Waals surface area contributed by atoms with Crippen molar-refractivity contribution in [3.05, 3.63) is 22.8 Å². The Balaban J connectivity index is 2.91. The maximum Gasteiger partial charge on any atom is 0.264 e. The van der Waals surface area contributed by atoms with Gasteiger partial charge in [0.2, 0.25) is 0 Å². The summed E-state index contributed by atoms with van der Waals surface area (Å²) in [6.45, 7) is 5.40. The highest BCUT2D eigenvalue weighted by Gasteiger charge is 2.08. The van der Waals surface area contributed by atoms with Crippen LogP contribution < -0.4 is 0 Å². The SMILES string of the molecule is Cc1nc(C)c(COS(C)(=O)=O)nc1C. The fraction of sp³-hybridized carbons (Fsp3) is 0.556. The van der Waals surface area contributed by atoms with Crippen LogP contribution in [-0.4, -0.2) is 24.6 Å². The highest BCUT2D eigenvalue weighted by atomic mass is 32.2. The topological polar surface area (TPSA) is 69.2 Å². The lowest BCUT2D eigenvalue weighted by Crippen LogP contribution is -2.08. The van der Waals surface area contributed by atoms with Crippen LogP contribution >= 0.6 is 0 Å². The Morgan fingerprint density at radius 2 is 1.60 bits per heavy atom. The minimum atomic E-state index is -3.43. The van der Waals surface area contributed by atoms with Crippen LogP contribution in [0.15, 0.2) is 0 Å². The van der Waals surface area contributed by atoms with Gasteiger partial charge in [0, 0.05) is 0 Å². The van der Waals surface area contributed by atoms with Crippen molar-refractivity contribution in [2.24, 2.45) is 0 Å². The van der Waals surface area contributed by atoms with Gasteiger partial charge in [0.05, 0.1) is 29.0 Å². The van der Waals surface area contributed by atoms with E-state index in [1.807, 2.05) is 13.8 Å². The molecule has 0 radical (unpaired) electrons. The highest BCUT2D eigenvalue weighted by Crippen LogP contribution is 2.09. The van der Waals surface area contributed by atoms with E-state index in [-0.39, 0.29) is 6.61 Å². The van der Waals surface area contributed by atoms with Crippen molar-refractivity contribution >= 4 is 10.1 Å². The van der Waals surface area contributed by atoms with Gasteiger partial charge in [0.25, 0.3) is 10.1 Å². The molecule has 1 aromatic heterocycles. The number of hydrogen-bond acceptors (Lipinski definition) is 5. The molecule has 0 amide bonds. The summed E-state index contributed by atoms with van der Waals surface area (Å²) >= 11 is 0. The number of nitrogens with zero attached hydrogens (tertiary/aromatic N) is 2. The van der Waals surface area contributed by atoms with Crippen LogP contribution in [0.2, 0.25) is 0 Å². The van der Waals surface area contributed by atoms with Crippen LogP contribution in [0, 0.1) is 20.8 Å². The molecule has 0 saturated heterocycles. The summed E-state index contributed by atoms with van der Waals surface area (Å²) < 4.78 is 26.3. The van der Waals surface area contributed by atoms with Gasteiger partial charge < -0.3 is 0 Å². The standard InChI is InChI=1S/C9H14N2O3S/c1-6-7(2)11-9(8(3)10-6)5-14-15(4,12)13/h5H2,1-4H3. The first-order valence-corrected chi connectivity index (χ1v) is 6.26. The fourth-order valence-corrected chi connectivity index (χ4v) is 1.39. The van der Waals surface area contributed by atoms with E-state index in [2.05, 4.69) is 14.2 Å². The van der Waals surface area contributed by atoms with Crippen LogP contribution in [0.3, 0.4) is 0 Å². The van der Waals surface area contributed by atoms with Crippen LogP contribution in [-0.2, 0) is 20.9 Å². The van der Waals surface area contributed by atoms with Gasteiger partial charge in [-0.15, -0.1) is 0 Å². The third-order valence-electron chi connectivity index (χ3n) is 1.99. The number of rotatable bonds is 3. The molecule has 0 aliphatic heterocycles. The van der Waals surface area contributed by atoms with E-state index in [1.54, 1.807) is 6.92 Å². The largest absolute Gasteiger partial charge is 0.264 e. The molecule has 6 heteroatoms. The molecule has 1 rings (SSSR count). The zero-order chi connectivity index (χ0) is 11.6. The van der Waals surface area contributed by atoms with Gasteiger partial charge in [-0.3, -0.25) is 14.2 Å². The average molecular weight is 230 g/mol. The maximum absolute atomic E-state index is 10.8. The Bertz CT molecular complexity index is 468.